The lowest BCUT2D eigenvalue weighted by molar-refractivity contribution is -0.139. The van der Waals surface area contributed by atoms with Crippen molar-refractivity contribution in [3.63, 3.8) is 0 Å². The van der Waals surface area contributed by atoms with Crippen LogP contribution in [0, 0.1) is 11.3 Å². The van der Waals surface area contributed by atoms with Crippen molar-refractivity contribution in [2.24, 2.45) is 4.99 Å². The number of hydrogen-bond donors (Lipinski definition) is 2. The number of nitrogens with zero attached hydrogens (tertiary/aromatic N) is 2. The second-order valence-electron chi connectivity index (χ2n) is 5.23. The van der Waals surface area contributed by atoms with Gasteiger partial charge in [0.2, 0.25) is 0 Å². The number of ether oxygens (including phenoxy) is 1. The van der Waals surface area contributed by atoms with E-state index in [-0.39, 0.29) is 23.0 Å². The summed E-state index contributed by atoms with van der Waals surface area (Å²) in [4.78, 5) is 16.5. The third-order valence-electron chi connectivity index (χ3n) is 3.48. The summed E-state index contributed by atoms with van der Waals surface area (Å²) in [5.74, 6) is -0.792. The minimum Gasteiger partial charge on any atom is -0.457 e. The minimum atomic E-state index is -0.792. The molecule has 124 valence electrons. The van der Waals surface area contributed by atoms with Gasteiger partial charge in [-0.2, -0.15) is 5.26 Å². The number of halogens is 1. The molecule has 3 rings (SSSR count). The van der Waals surface area contributed by atoms with Crippen LogP contribution >= 0.6 is 11.6 Å². The Morgan fingerprint density at radius 2 is 2.08 bits per heavy atom. The van der Waals surface area contributed by atoms with E-state index in [2.05, 4.69) is 10.3 Å². The largest absolute Gasteiger partial charge is 0.457 e. The van der Waals surface area contributed by atoms with Gasteiger partial charge in [-0.05, 0) is 29.8 Å². The fraction of sp³-hybridized carbons (Fsp3) is 0.0556. The third kappa shape index (κ3) is 3.62. The van der Waals surface area contributed by atoms with E-state index in [1.165, 1.54) is 0 Å². The molecule has 25 heavy (non-hydrogen) atoms. The van der Waals surface area contributed by atoms with E-state index in [0.717, 1.165) is 5.56 Å². The van der Waals surface area contributed by atoms with E-state index >= 15 is 0 Å². The first kappa shape index (κ1) is 16.6. The van der Waals surface area contributed by atoms with Crippen molar-refractivity contribution in [2.45, 2.75) is 6.61 Å². The number of carbonyl (C=O) groups is 1. The maximum Gasteiger partial charge on any atom is 0.351 e. The van der Waals surface area contributed by atoms with E-state index in [1.54, 1.807) is 36.4 Å². The predicted octanol–water partition coefficient (Wildman–Crippen LogP) is 3.48. The molecule has 0 spiro atoms. The molecule has 0 saturated carbocycles. The number of fused-ring (bicyclic) bond motifs is 1. The smallest absolute Gasteiger partial charge is 0.351 e. The van der Waals surface area contributed by atoms with Gasteiger partial charge in [-0.25, -0.2) is 9.79 Å². The van der Waals surface area contributed by atoms with Gasteiger partial charge < -0.3 is 15.8 Å². The van der Waals surface area contributed by atoms with Gasteiger partial charge in [-0.15, -0.1) is 0 Å². The normalized spacial score (nSPS) is 14.5. The zero-order valence-corrected chi connectivity index (χ0v) is 13.7. The number of anilines is 2. The average molecular weight is 353 g/mol. The number of rotatable bonds is 3. The monoisotopic (exact) mass is 352 g/mol. The highest BCUT2D eigenvalue weighted by molar-refractivity contribution is 6.70. The summed E-state index contributed by atoms with van der Waals surface area (Å²) in [6.45, 7) is -0.00627. The Bertz CT molecular complexity index is 944. The highest BCUT2D eigenvalue weighted by Crippen LogP contribution is 2.32. The highest BCUT2D eigenvalue weighted by Gasteiger charge is 2.24. The Kier molecular flexibility index (Phi) is 4.68. The van der Waals surface area contributed by atoms with E-state index in [0.29, 0.717) is 17.1 Å². The van der Waals surface area contributed by atoms with Crippen LogP contribution in [0.1, 0.15) is 5.56 Å². The summed E-state index contributed by atoms with van der Waals surface area (Å²) < 4.78 is 5.20. The zero-order valence-electron chi connectivity index (χ0n) is 13.0. The van der Waals surface area contributed by atoms with Crippen LogP contribution in [0.15, 0.2) is 64.8 Å². The molecule has 0 aliphatic carbocycles. The van der Waals surface area contributed by atoms with Crippen molar-refractivity contribution in [3.8, 4) is 6.07 Å². The molecule has 0 atom stereocenters. The number of para-hydroxylation sites is 2. The van der Waals surface area contributed by atoms with E-state index in [9.17, 15) is 10.1 Å². The fourth-order valence-corrected chi connectivity index (χ4v) is 2.53. The van der Waals surface area contributed by atoms with Crippen molar-refractivity contribution in [2.75, 3.05) is 11.1 Å². The number of allylic oxidation sites excluding steroid dienone is 1. The Hall–Kier alpha value is -3.30. The van der Waals surface area contributed by atoms with Crippen LogP contribution in [-0.2, 0) is 16.1 Å². The molecule has 2 aromatic carbocycles. The van der Waals surface area contributed by atoms with Crippen molar-refractivity contribution in [1.82, 2.24) is 0 Å². The number of nitrogen functional groups attached to an aromatic ring is 1. The van der Waals surface area contributed by atoms with Gasteiger partial charge in [-0.1, -0.05) is 35.9 Å². The molecule has 2 aromatic rings. The van der Waals surface area contributed by atoms with E-state index in [4.69, 9.17) is 22.1 Å². The highest BCUT2D eigenvalue weighted by atomic mass is 35.5. The van der Waals surface area contributed by atoms with Gasteiger partial charge in [0.15, 0.2) is 10.7 Å². The number of nitriles is 1. The number of nitrogens with two attached hydrogens (primary N) is 1. The van der Waals surface area contributed by atoms with Gasteiger partial charge in [0.1, 0.15) is 18.4 Å². The molecular formula is C18H13ClN4O2. The number of nitrogens with one attached hydrogen (secondary N) is 1. The summed E-state index contributed by atoms with van der Waals surface area (Å²) in [5.41, 5.74) is 8.13. The molecule has 6 nitrogen and oxygen atoms in total. The lowest BCUT2D eigenvalue weighted by atomic mass is 10.1. The van der Waals surface area contributed by atoms with Gasteiger partial charge in [0.25, 0.3) is 0 Å². The van der Waals surface area contributed by atoms with Crippen LogP contribution in [-0.4, -0.2) is 11.1 Å². The van der Waals surface area contributed by atoms with Gasteiger partial charge >= 0.3 is 5.97 Å². The number of carbonyl (C=O) groups excluding carboxylic acids is 1. The predicted molar refractivity (Wildman–Crippen MR) is 96.3 cm³/mol. The fourth-order valence-electron chi connectivity index (χ4n) is 2.30. The van der Waals surface area contributed by atoms with E-state index < -0.39 is 5.97 Å². The summed E-state index contributed by atoms with van der Waals surface area (Å²) in [6.07, 6.45) is 0. The minimum absolute atomic E-state index is 0.00627. The zero-order chi connectivity index (χ0) is 17.8. The Labute approximate surface area is 149 Å². The first-order chi connectivity index (χ1) is 12.1. The van der Waals surface area contributed by atoms with Crippen LogP contribution in [0.4, 0.5) is 17.1 Å². The third-order valence-corrected chi connectivity index (χ3v) is 3.75. The number of aliphatic imine (C=N–C) groups is 1. The molecule has 1 aliphatic rings. The molecule has 1 heterocycles. The molecule has 0 saturated heterocycles. The van der Waals surface area contributed by atoms with Gasteiger partial charge in [-0.3, -0.25) is 0 Å². The lowest BCUT2D eigenvalue weighted by Crippen LogP contribution is -2.18. The second-order valence-corrected chi connectivity index (χ2v) is 5.59. The number of hydrogen-bond acceptors (Lipinski definition) is 6. The van der Waals surface area contributed by atoms with Gasteiger partial charge in [0, 0.05) is 5.69 Å². The van der Waals surface area contributed by atoms with Crippen molar-refractivity contribution < 1.29 is 9.53 Å². The van der Waals surface area contributed by atoms with Crippen LogP contribution < -0.4 is 11.1 Å². The quantitative estimate of drug-likeness (QED) is 0.381. The SMILES string of the molecule is N#C/C(C(=O)OCc1cccc(N)c1)=C1\Nc2ccccc2N=C1Cl. The summed E-state index contributed by atoms with van der Waals surface area (Å²) in [7, 11) is 0. The number of esters is 1. The molecule has 0 aromatic heterocycles. The topological polar surface area (TPSA) is 100 Å². The Morgan fingerprint density at radius 3 is 2.84 bits per heavy atom. The van der Waals surface area contributed by atoms with Crippen molar-refractivity contribution >= 4 is 39.8 Å². The van der Waals surface area contributed by atoms with Crippen LogP contribution in [0.3, 0.4) is 0 Å². The molecule has 1 aliphatic heterocycles. The number of benzene rings is 2. The van der Waals surface area contributed by atoms with Crippen LogP contribution in [0.2, 0.25) is 0 Å². The first-order valence-corrected chi connectivity index (χ1v) is 7.73. The first-order valence-electron chi connectivity index (χ1n) is 7.35. The molecule has 0 bridgehead atoms. The van der Waals surface area contributed by atoms with Gasteiger partial charge in [0.05, 0.1) is 11.4 Å². The Balaban J connectivity index is 1.83. The summed E-state index contributed by atoms with van der Waals surface area (Å²) >= 11 is 6.12. The second kappa shape index (κ2) is 7.07. The summed E-state index contributed by atoms with van der Waals surface area (Å²) in [5, 5.41) is 12.4. The molecule has 7 heteroatoms. The molecule has 0 unspecified atom stereocenters. The molecule has 0 radical (unpaired) electrons. The average Bonchev–Trinajstić information content (AvgIpc) is 2.61. The van der Waals surface area contributed by atoms with Crippen molar-refractivity contribution in [3.05, 3.63) is 65.4 Å². The maximum absolute atomic E-state index is 12.3. The summed E-state index contributed by atoms with van der Waals surface area (Å²) in [6, 6.07) is 15.9. The van der Waals surface area contributed by atoms with Crippen molar-refractivity contribution in [1.29, 1.82) is 5.26 Å². The molecule has 0 amide bonds. The van der Waals surface area contributed by atoms with Crippen LogP contribution in [0.5, 0.6) is 0 Å². The molecule has 0 fully saturated rings. The standard InChI is InChI=1S/C18H13ClN4O2/c19-17-16(22-14-6-1-2-7-15(14)23-17)13(9-20)18(24)25-10-11-4-3-5-12(21)8-11/h1-8,22H,10,21H2/b16-13+. The maximum atomic E-state index is 12.3. The Morgan fingerprint density at radius 1 is 1.28 bits per heavy atom. The molecular weight excluding hydrogens is 340 g/mol. The lowest BCUT2D eigenvalue weighted by Gasteiger charge is -2.18. The van der Waals surface area contributed by atoms with E-state index in [1.807, 2.05) is 18.2 Å². The van der Waals surface area contributed by atoms with Crippen LogP contribution in [0.25, 0.3) is 0 Å². The molecule has 3 N–H and O–H groups in total.